The third-order valence-corrected chi connectivity index (χ3v) is 5.08. The summed E-state index contributed by atoms with van der Waals surface area (Å²) in [5.41, 5.74) is 1.60. The first-order valence-electron chi connectivity index (χ1n) is 9.72. The minimum absolute atomic E-state index is 0.258. The standard InChI is InChI=1S/C23H29BO3/c1-4-6-7-18(5-2)23(3,16-17-25)27-22-14-10-20(11-15-22)24-19-8-12-21(26)13-9-19/h8-15,18,24-26H,4-7H2,1-3H3. The van der Waals surface area contributed by atoms with Gasteiger partial charge < -0.3 is 14.9 Å². The van der Waals surface area contributed by atoms with Crippen LogP contribution in [-0.4, -0.2) is 23.1 Å². The lowest BCUT2D eigenvalue weighted by Gasteiger charge is -2.33. The van der Waals surface area contributed by atoms with Gasteiger partial charge in [0, 0.05) is 5.92 Å². The molecule has 0 saturated carbocycles. The van der Waals surface area contributed by atoms with Crippen molar-refractivity contribution in [1.29, 1.82) is 0 Å². The maximum Gasteiger partial charge on any atom is 0.192 e. The van der Waals surface area contributed by atoms with E-state index in [1.54, 1.807) is 12.1 Å². The monoisotopic (exact) mass is 364 g/mol. The molecule has 2 N–H and O–H groups in total. The van der Waals surface area contributed by atoms with Crippen molar-refractivity contribution in [3.63, 3.8) is 0 Å². The number of unbranched alkanes of at least 4 members (excludes halogenated alkanes) is 1. The van der Waals surface area contributed by atoms with Crippen LogP contribution in [0.15, 0.2) is 48.5 Å². The molecule has 2 unspecified atom stereocenters. The molecule has 0 amide bonds. The minimum atomic E-state index is -0.711. The van der Waals surface area contributed by atoms with Gasteiger partial charge in [0.15, 0.2) is 12.9 Å². The Bertz CT molecular complexity index is 759. The van der Waals surface area contributed by atoms with E-state index in [4.69, 9.17) is 4.74 Å². The van der Waals surface area contributed by atoms with Crippen LogP contribution in [0, 0.1) is 17.9 Å². The van der Waals surface area contributed by atoms with Crippen molar-refractivity contribution >= 4 is 18.2 Å². The van der Waals surface area contributed by atoms with Crippen molar-refractivity contribution in [3.8, 4) is 23.5 Å². The molecule has 0 aliphatic carbocycles. The topological polar surface area (TPSA) is 49.7 Å². The lowest BCUT2D eigenvalue weighted by molar-refractivity contribution is 0.0729. The zero-order chi connectivity index (χ0) is 19.7. The van der Waals surface area contributed by atoms with Gasteiger partial charge in [-0.1, -0.05) is 61.9 Å². The summed E-state index contributed by atoms with van der Waals surface area (Å²) in [5.74, 6) is 4.18. The summed E-state index contributed by atoms with van der Waals surface area (Å²) in [6.07, 6.45) is 6.30. The van der Waals surface area contributed by atoms with Crippen molar-refractivity contribution < 1.29 is 14.9 Å². The number of hydrogen-bond donors (Lipinski definition) is 2. The first-order chi connectivity index (χ1) is 13.0. The fraction of sp³-hybridized carbons (Fsp3) is 0.391. The zero-order valence-electron chi connectivity index (χ0n) is 16.5. The zero-order valence-corrected chi connectivity index (χ0v) is 16.5. The van der Waals surface area contributed by atoms with E-state index in [0.717, 1.165) is 44.2 Å². The van der Waals surface area contributed by atoms with Crippen molar-refractivity contribution in [2.75, 3.05) is 0 Å². The number of phenolic OH excluding ortho intramolecular Hbond substituents is 1. The first-order valence-corrected chi connectivity index (χ1v) is 9.72. The number of benzene rings is 2. The van der Waals surface area contributed by atoms with Gasteiger partial charge in [-0.15, -0.1) is 0 Å². The number of aliphatic hydroxyl groups excluding tert-OH is 1. The largest absolute Gasteiger partial charge is 0.508 e. The third kappa shape index (κ3) is 6.00. The summed E-state index contributed by atoms with van der Waals surface area (Å²) < 4.78 is 6.25. The predicted molar refractivity (Wildman–Crippen MR) is 113 cm³/mol. The fourth-order valence-electron chi connectivity index (χ4n) is 3.41. The van der Waals surface area contributed by atoms with Crippen LogP contribution in [0.25, 0.3) is 0 Å². The molecule has 0 saturated heterocycles. The predicted octanol–water partition coefficient (Wildman–Crippen LogP) is 3.47. The van der Waals surface area contributed by atoms with Gasteiger partial charge in [0.25, 0.3) is 0 Å². The van der Waals surface area contributed by atoms with Gasteiger partial charge in [-0.2, -0.15) is 0 Å². The molecule has 142 valence electrons. The fourth-order valence-corrected chi connectivity index (χ4v) is 3.41. The van der Waals surface area contributed by atoms with Crippen molar-refractivity contribution in [1.82, 2.24) is 0 Å². The molecule has 0 radical (unpaired) electrons. The third-order valence-electron chi connectivity index (χ3n) is 5.08. The quantitative estimate of drug-likeness (QED) is 0.529. The highest BCUT2D eigenvalue weighted by Crippen LogP contribution is 2.30. The Morgan fingerprint density at radius 3 is 2.15 bits per heavy atom. The molecule has 27 heavy (non-hydrogen) atoms. The molecule has 0 heterocycles. The average Bonchev–Trinajstić information content (AvgIpc) is 2.66. The number of rotatable bonds is 9. The van der Waals surface area contributed by atoms with Crippen LogP contribution >= 0.6 is 0 Å². The summed E-state index contributed by atoms with van der Waals surface area (Å²) in [6, 6.07) is 15.3. The Kier molecular flexibility index (Phi) is 7.67. The van der Waals surface area contributed by atoms with Crippen LogP contribution in [0.5, 0.6) is 11.5 Å². The van der Waals surface area contributed by atoms with E-state index in [0.29, 0.717) is 0 Å². The molecular weight excluding hydrogens is 335 g/mol. The van der Waals surface area contributed by atoms with Crippen LogP contribution < -0.4 is 15.7 Å². The molecule has 4 heteroatoms. The SMILES string of the molecule is CCCCC(CC)C(C)(C#CO)Oc1ccc(Bc2ccc(O)cc2)cc1. The molecule has 0 aliphatic heterocycles. The molecular formula is C23H29BO3. The summed E-state index contributed by atoms with van der Waals surface area (Å²) >= 11 is 0. The highest BCUT2D eigenvalue weighted by molar-refractivity contribution is 6.67. The molecule has 2 atom stereocenters. The molecule has 0 fully saturated rings. The summed E-state index contributed by atoms with van der Waals surface area (Å²) in [7, 11) is 0.794. The maximum atomic E-state index is 9.38. The second-order valence-electron chi connectivity index (χ2n) is 7.18. The molecule has 0 aliphatic rings. The van der Waals surface area contributed by atoms with Crippen molar-refractivity contribution in [2.45, 2.75) is 52.1 Å². The smallest absolute Gasteiger partial charge is 0.192 e. The highest BCUT2D eigenvalue weighted by Gasteiger charge is 2.33. The number of ether oxygens (including phenoxy) is 1. The Morgan fingerprint density at radius 2 is 1.63 bits per heavy atom. The van der Waals surface area contributed by atoms with E-state index in [1.807, 2.05) is 43.3 Å². The first kappa shape index (κ1) is 20.8. The molecule has 2 rings (SSSR count). The van der Waals surface area contributed by atoms with Gasteiger partial charge in [-0.3, -0.25) is 0 Å². The second-order valence-corrected chi connectivity index (χ2v) is 7.18. The van der Waals surface area contributed by atoms with E-state index in [9.17, 15) is 10.2 Å². The van der Waals surface area contributed by atoms with E-state index in [-0.39, 0.29) is 11.7 Å². The van der Waals surface area contributed by atoms with Gasteiger partial charge in [-0.25, -0.2) is 0 Å². The number of aromatic hydroxyl groups is 1. The molecule has 0 spiro atoms. The molecule has 2 aromatic carbocycles. The Balaban J connectivity index is 2.11. The van der Waals surface area contributed by atoms with Crippen LogP contribution in [-0.2, 0) is 0 Å². The summed E-state index contributed by atoms with van der Waals surface area (Å²) in [5, 5.41) is 18.6. The number of hydrogen-bond acceptors (Lipinski definition) is 3. The lowest BCUT2D eigenvalue weighted by atomic mass is 9.64. The number of phenols is 1. The van der Waals surface area contributed by atoms with Crippen LogP contribution in [0.2, 0.25) is 0 Å². The average molecular weight is 364 g/mol. The Hall–Kier alpha value is -2.54. The van der Waals surface area contributed by atoms with Gasteiger partial charge in [-0.05, 0) is 50.0 Å². The van der Waals surface area contributed by atoms with E-state index >= 15 is 0 Å². The van der Waals surface area contributed by atoms with Crippen LogP contribution in [0.3, 0.4) is 0 Å². The van der Waals surface area contributed by atoms with Crippen molar-refractivity contribution in [3.05, 3.63) is 48.5 Å². The number of aliphatic hydroxyl groups is 1. The van der Waals surface area contributed by atoms with Crippen LogP contribution in [0.1, 0.15) is 46.5 Å². The Labute approximate surface area is 163 Å². The highest BCUT2D eigenvalue weighted by atomic mass is 16.5. The minimum Gasteiger partial charge on any atom is -0.508 e. The molecule has 0 aromatic heterocycles. The van der Waals surface area contributed by atoms with Crippen LogP contribution in [0.4, 0.5) is 0 Å². The van der Waals surface area contributed by atoms with Gasteiger partial charge in [0.05, 0.1) is 0 Å². The lowest BCUT2D eigenvalue weighted by Crippen LogP contribution is -2.39. The molecule has 3 nitrogen and oxygen atoms in total. The van der Waals surface area contributed by atoms with Gasteiger partial charge >= 0.3 is 0 Å². The maximum absolute atomic E-state index is 9.38. The summed E-state index contributed by atoms with van der Waals surface area (Å²) in [6.45, 7) is 6.28. The van der Waals surface area contributed by atoms with Gasteiger partial charge in [0.2, 0.25) is 0 Å². The second kappa shape index (κ2) is 9.97. The van der Waals surface area contributed by atoms with E-state index in [1.165, 1.54) is 5.46 Å². The van der Waals surface area contributed by atoms with Gasteiger partial charge in [0.1, 0.15) is 17.6 Å². The normalized spacial score (nSPS) is 13.7. The Morgan fingerprint density at radius 1 is 1.04 bits per heavy atom. The summed E-state index contributed by atoms with van der Waals surface area (Å²) in [4.78, 5) is 0. The van der Waals surface area contributed by atoms with E-state index in [2.05, 4.69) is 25.9 Å². The van der Waals surface area contributed by atoms with E-state index < -0.39 is 5.60 Å². The molecule has 0 bridgehead atoms. The molecule has 2 aromatic rings. The van der Waals surface area contributed by atoms with Crippen molar-refractivity contribution in [2.24, 2.45) is 5.92 Å².